The van der Waals surface area contributed by atoms with Gasteiger partial charge in [0.05, 0.1) is 4.90 Å². The van der Waals surface area contributed by atoms with Gasteiger partial charge < -0.3 is 5.32 Å². The average Bonchev–Trinajstić information content (AvgIpc) is 2.45. The summed E-state index contributed by atoms with van der Waals surface area (Å²) < 4.78 is 23.1. The lowest BCUT2D eigenvalue weighted by Gasteiger charge is -2.14. The average molecular weight is 332 g/mol. The Kier molecular flexibility index (Phi) is 4.58. The first-order valence-electron chi connectivity index (χ1n) is 7.12. The molecule has 23 heavy (non-hydrogen) atoms. The molecule has 5 nitrogen and oxygen atoms in total. The lowest BCUT2D eigenvalue weighted by molar-refractivity contribution is 0.102. The number of sulfonamides is 1. The summed E-state index contributed by atoms with van der Waals surface area (Å²) in [6, 6.07) is 8.50. The Morgan fingerprint density at radius 3 is 2.26 bits per heavy atom. The van der Waals surface area contributed by atoms with Gasteiger partial charge in [-0.1, -0.05) is 17.7 Å². The van der Waals surface area contributed by atoms with E-state index >= 15 is 0 Å². The van der Waals surface area contributed by atoms with Crippen molar-refractivity contribution in [3.63, 3.8) is 0 Å². The molecule has 0 aliphatic carbocycles. The third-order valence-electron chi connectivity index (χ3n) is 3.86. The van der Waals surface area contributed by atoms with Gasteiger partial charge in [-0.05, 0) is 62.6 Å². The number of hydrogen-bond acceptors (Lipinski definition) is 3. The largest absolute Gasteiger partial charge is 0.322 e. The summed E-state index contributed by atoms with van der Waals surface area (Å²) >= 11 is 0. The minimum atomic E-state index is -3.83. The molecule has 0 aromatic heterocycles. The Hall–Kier alpha value is -2.18. The summed E-state index contributed by atoms with van der Waals surface area (Å²) in [5.74, 6) is -0.278. The summed E-state index contributed by atoms with van der Waals surface area (Å²) in [6.45, 7) is 7.36. The van der Waals surface area contributed by atoms with Crippen LogP contribution in [0.5, 0.6) is 0 Å². The zero-order valence-corrected chi connectivity index (χ0v) is 14.4. The molecule has 2 aromatic rings. The van der Waals surface area contributed by atoms with E-state index in [1.165, 1.54) is 12.1 Å². The number of primary sulfonamides is 1. The highest BCUT2D eigenvalue weighted by atomic mass is 32.2. The minimum Gasteiger partial charge on any atom is -0.322 e. The predicted molar refractivity (Wildman–Crippen MR) is 91.2 cm³/mol. The monoisotopic (exact) mass is 332 g/mol. The van der Waals surface area contributed by atoms with Crippen LogP contribution < -0.4 is 10.5 Å². The number of rotatable bonds is 3. The van der Waals surface area contributed by atoms with Gasteiger partial charge in [0.2, 0.25) is 10.0 Å². The van der Waals surface area contributed by atoms with Crippen molar-refractivity contribution >= 4 is 21.6 Å². The van der Waals surface area contributed by atoms with Gasteiger partial charge in [-0.15, -0.1) is 0 Å². The van der Waals surface area contributed by atoms with E-state index in [9.17, 15) is 13.2 Å². The van der Waals surface area contributed by atoms with Crippen LogP contribution in [-0.4, -0.2) is 14.3 Å². The fourth-order valence-electron chi connectivity index (χ4n) is 2.29. The van der Waals surface area contributed by atoms with Crippen LogP contribution in [0.1, 0.15) is 32.6 Å². The maximum absolute atomic E-state index is 12.5. The van der Waals surface area contributed by atoms with Gasteiger partial charge in [0.25, 0.3) is 5.91 Å². The number of nitrogens with one attached hydrogen (secondary N) is 1. The Morgan fingerprint density at radius 2 is 1.65 bits per heavy atom. The maximum atomic E-state index is 12.5. The molecule has 122 valence electrons. The first-order valence-corrected chi connectivity index (χ1v) is 8.67. The minimum absolute atomic E-state index is 0.0168. The van der Waals surface area contributed by atoms with E-state index in [-0.39, 0.29) is 10.8 Å². The first kappa shape index (κ1) is 17.2. The number of carbonyl (C=O) groups excluding carboxylic acids is 1. The van der Waals surface area contributed by atoms with Gasteiger partial charge in [-0.25, -0.2) is 13.6 Å². The van der Waals surface area contributed by atoms with E-state index < -0.39 is 10.0 Å². The molecule has 1 amide bonds. The van der Waals surface area contributed by atoms with Gasteiger partial charge in [0.1, 0.15) is 0 Å². The molecule has 0 radical (unpaired) electrons. The predicted octanol–water partition coefficient (Wildman–Crippen LogP) is 2.82. The SMILES string of the molecule is Cc1ccc(C)c(C(=O)Nc2cc(S(N)(=O)=O)cc(C)c2C)c1. The molecule has 6 heteroatoms. The van der Waals surface area contributed by atoms with E-state index in [2.05, 4.69) is 5.32 Å². The number of nitrogens with two attached hydrogens (primary N) is 1. The molecule has 2 aromatic carbocycles. The fourth-order valence-corrected chi connectivity index (χ4v) is 2.91. The number of anilines is 1. The van der Waals surface area contributed by atoms with Gasteiger partial charge in [-0.3, -0.25) is 4.79 Å². The molecule has 0 saturated carbocycles. The van der Waals surface area contributed by atoms with Crippen molar-refractivity contribution in [1.82, 2.24) is 0 Å². The van der Waals surface area contributed by atoms with Crippen LogP contribution in [0.25, 0.3) is 0 Å². The van der Waals surface area contributed by atoms with Crippen molar-refractivity contribution < 1.29 is 13.2 Å². The Balaban J connectivity index is 2.45. The quantitative estimate of drug-likeness (QED) is 0.905. The summed E-state index contributed by atoms with van der Waals surface area (Å²) in [5.41, 5.74) is 4.38. The lowest BCUT2D eigenvalue weighted by Crippen LogP contribution is -2.17. The molecule has 2 rings (SSSR count). The van der Waals surface area contributed by atoms with E-state index in [4.69, 9.17) is 5.14 Å². The van der Waals surface area contributed by atoms with E-state index in [1.807, 2.05) is 32.9 Å². The van der Waals surface area contributed by atoms with Crippen LogP contribution in [0.2, 0.25) is 0 Å². The molecule has 3 N–H and O–H groups in total. The highest BCUT2D eigenvalue weighted by molar-refractivity contribution is 7.89. The van der Waals surface area contributed by atoms with Crippen LogP contribution in [0.15, 0.2) is 35.2 Å². The maximum Gasteiger partial charge on any atom is 0.255 e. The molecular weight excluding hydrogens is 312 g/mol. The second-order valence-corrected chi connectivity index (χ2v) is 7.29. The molecule has 0 aliphatic heterocycles. The summed E-state index contributed by atoms with van der Waals surface area (Å²) in [6.07, 6.45) is 0. The van der Waals surface area contributed by atoms with Crippen molar-refractivity contribution in [2.75, 3.05) is 5.32 Å². The van der Waals surface area contributed by atoms with E-state index in [0.717, 1.165) is 22.3 Å². The molecule has 0 bridgehead atoms. The third-order valence-corrected chi connectivity index (χ3v) is 4.75. The number of hydrogen-bond donors (Lipinski definition) is 2. The Bertz CT molecular complexity index is 887. The zero-order valence-electron chi connectivity index (χ0n) is 13.6. The molecule has 0 unspecified atom stereocenters. The molecular formula is C17H20N2O3S. The van der Waals surface area contributed by atoms with Crippen molar-refractivity contribution in [3.8, 4) is 0 Å². The number of benzene rings is 2. The number of carbonyl (C=O) groups is 1. The zero-order chi connectivity index (χ0) is 17.4. The van der Waals surface area contributed by atoms with Crippen molar-refractivity contribution in [2.24, 2.45) is 5.14 Å². The van der Waals surface area contributed by atoms with E-state index in [0.29, 0.717) is 11.3 Å². The topological polar surface area (TPSA) is 89.3 Å². The van der Waals surface area contributed by atoms with Crippen LogP contribution in [0.3, 0.4) is 0 Å². The summed E-state index contributed by atoms with van der Waals surface area (Å²) in [5, 5.41) is 7.98. The van der Waals surface area contributed by atoms with Gasteiger partial charge in [-0.2, -0.15) is 0 Å². The highest BCUT2D eigenvalue weighted by Gasteiger charge is 2.16. The molecule has 0 heterocycles. The van der Waals surface area contributed by atoms with Crippen molar-refractivity contribution in [3.05, 3.63) is 58.1 Å². The molecule has 0 spiro atoms. The second-order valence-electron chi connectivity index (χ2n) is 5.73. The van der Waals surface area contributed by atoms with Gasteiger partial charge >= 0.3 is 0 Å². The van der Waals surface area contributed by atoms with Crippen LogP contribution in [0.4, 0.5) is 5.69 Å². The van der Waals surface area contributed by atoms with Crippen LogP contribution in [0, 0.1) is 27.7 Å². The number of amides is 1. The molecule has 0 saturated heterocycles. The third kappa shape index (κ3) is 3.78. The standard InChI is InChI=1S/C17H20N2O3S/c1-10-5-6-11(2)15(7-10)17(20)19-16-9-14(23(18,21)22)8-12(3)13(16)4/h5-9H,1-4H3,(H,19,20)(H2,18,21,22). The first-order chi connectivity index (χ1) is 10.6. The van der Waals surface area contributed by atoms with Gasteiger partial charge in [0.15, 0.2) is 0 Å². The molecule has 0 fully saturated rings. The fraction of sp³-hybridized carbons (Fsp3) is 0.235. The smallest absolute Gasteiger partial charge is 0.255 e. The Morgan fingerprint density at radius 1 is 1.00 bits per heavy atom. The normalized spacial score (nSPS) is 11.3. The van der Waals surface area contributed by atoms with E-state index in [1.54, 1.807) is 13.0 Å². The van der Waals surface area contributed by atoms with Crippen molar-refractivity contribution in [1.29, 1.82) is 0 Å². The Labute approximate surface area is 136 Å². The van der Waals surface area contributed by atoms with Crippen molar-refractivity contribution in [2.45, 2.75) is 32.6 Å². The second kappa shape index (κ2) is 6.14. The molecule has 0 atom stereocenters. The highest BCUT2D eigenvalue weighted by Crippen LogP contribution is 2.24. The molecule has 0 aliphatic rings. The number of aryl methyl sites for hydroxylation is 3. The summed E-state index contributed by atoms with van der Waals surface area (Å²) in [7, 11) is -3.83. The summed E-state index contributed by atoms with van der Waals surface area (Å²) in [4.78, 5) is 12.5. The van der Waals surface area contributed by atoms with Gasteiger partial charge in [0, 0.05) is 11.3 Å². The van der Waals surface area contributed by atoms with Crippen LogP contribution in [-0.2, 0) is 10.0 Å². The lowest BCUT2D eigenvalue weighted by atomic mass is 10.0. The van der Waals surface area contributed by atoms with Crippen LogP contribution >= 0.6 is 0 Å².